The van der Waals surface area contributed by atoms with Gasteiger partial charge in [-0.1, -0.05) is 24.3 Å². The predicted octanol–water partition coefficient (Wildman–Crippen LogP) is 3.70. The standard InChI is InChI=1S/C13H11Br2NO2S/c14-10-5-11(19-12(10)15)13(18)16-6-8-2-1-3-9(4-8)7-17/h1-5,17H,6-7H2,(H,16,18). The van der Waals surface area contributed by atoms with Gasteiger partial charge in [0.05, 0.1) is 15.3 Å². The number of aliphatic hydroxyl groups excluding tert-OH is 1. The smallest absolute Gasteiger partial charge is 0.261 e. The molecule has 1 heterocycles. The molecule has 0 unspecified atom stereocenters. The zero-order chi connectivity index (χ0) is 13.8. The lowest BCUT2D eigenvalue weighted by atomic mass is 10.1. The van der Waals surface area contributed by atoms with E-state index in [2.05, 4.69) is 37.2 Å². The van der Waals surface area contributed by atoms with E-state index >= 15 is 0 Å². The van der Waals surface area contributed by atoms with Crippen molar-refractivity contribution >= 4 is 49.1 Å². The lowest BCUT2D eigenvalue weighted by Crippen LogP contribution is -2.21. The summed E-state index contributed by atoms with van der Waals surface area (Å²) < 4.78 is 1.78. The van der Waals surface area contributed by atoms with Gasteiger partial charge in [0, 0.05) is 11.0 Å². The minimum atomic E-state index is -0.106. The van der Waals surface area contributed by atoms with Crippen LogP contribution in [-0.4, -0.2) is 11.0 Å². The SMILES string of the molecule is O=C(NCc1cccc(CO)c1)c1cc(Br)c(Br)s1. The van der Waals surface area contributed by atoms with E-state index < -0.39 is 0 Å². The third-order valence-corrected chi connectivity index (χ3v) is 5.75. The number of halogens is 2. The Labute approximate surface area is 131 Å². The van der Waals surface area contributed by atoms with Crippen LogP contribution in [0.5, 0.6) is 0 Å². The van der Waals surface area contributed by atoms with Gasteiger partial charge in [-0.15, -0.1) is 11.3 Å². The summed E-state index contributed by atoms with van der Waals surface area (Å²) in [5.41, 5.74) is 1.81. The summed E-state index contributed by atoms with van der Waals surface area (Å²) >= 11 is 8.10. The molecule has 0 radical (unpaired) electrons. The van der Waals surface area contributed by atoms with Gasteiger partial charge in [-0.05, 0) is 49.1 Å². The first-order valence-electron chi connectivity index (χ1n) is 5.52. The van der Waals surface area contributed by atoms with Crippen LogP contribution in [0.15, 0.2) is 38.6 Å². The lowest BCUT2D eigenvalue weighted by Gasteiger charge is -2.05. The minimum absolute atomic E-state index is 0.00655. The van der Waals surface area contributed by atoms with Crippen LogP contribution in [0.25, 0.3) is 0 Å². The van der Waals surface area contributed by atoms with E-state index in [1.807, 2.05) is 24.3 Å². The van der Waals surface area contributed by atoms with E-state index in [0.29, 0.717) is 11.4 Å². The van der Waals surface area contributed by atoms with Crippen LogP contribution in [0, 0.1) is 0 Å². The monoisotopic (exact) mass is 403 g/mol. The molecule has 2 N–H and O–H groups in total. The lowest BCUT2D eigenvalue weighted by molar-refractivity contribution is 0.0955. The molecule has 3 nitrogen and oxygen atoms in total. The summed E-state index contributed by atoms with van der Waals surface area (Å²) in [4.78, 5) is 12.6. The molecule has 0 spiro atoms. The van der Waals surface area contributed by atoms with Gasteiger partial charge in [-0.3, -0.25) is 4.79 Å². The molecule has 0 saturated carbocycles. The Hall–Kier alpha value is -0.690. The summed E-state index contributed by atoms with van der Waals surface area (Å²) in [6.07, 6.45) is 0. The summed E-state index contributed by atoms with van der Waals surface area (Å²) in [5, 5.41) is 11.9. The molecule has 2 aromatic rings. The number of thiophene rings is 1. The normalized spacial score (nSPS) is 10.5. The molecule has 0 bridgehead atoms. The maximum atomic E-state index is 11.9. The number of rotatable bonds is 4. The van der Waals surface area contributed by atoms with Crippen molar-refractivity contribution in [2.45, 2.75) is 13.2 Å². The number of aliphatic hydroxyl groups is 1. The van der Waals surface area contributed by atoms with Gasteiger partial charge in [0.15, 0.2) is 0 Å². The molecule has 19 heavy (non-hydrogen) atoms. The highest BCUT2D eigenvalue weighted by Crippen LogP contribution is 2.32. The van der Waals surface area contributed by atoms with Crippen molar-refractivity contribution in [1.82, 2.24) is 5.32 Å². The van der Waals surface area contributed by atoms with Gasteiger partial charge < -0.3 is 10.4 Å². The Balaban J connectivity index is 2.00. The average Bonchev–Trinajstić information content (AvgIpc) is 2.76. The van der Waals surface area contributed by atoms with Gasteiger partial charge >= 0.3 is 0 Å². The summed E-state index contributed by atoms with van der Waals surface area (Å²) in [5.74, 6) is -0.106. The predicted molar refractivity (Wildman–Crippen MR) is 83.3 cm³/mol. The second-order valence-electron chi connectivity index (χ2n) is 3.89. The van der Waals surface area contributed by atoms with Crippen LogP contribution in [-0.2, 0) is 13.2 Å². The molecule has 2 rings (SSSR count). The number of carbonyl (C=O) groups is 1. The Morgan fingerprint density at radius 1 is 1.26 bits per heavy atom. The molecule has 1 aromatic carbocycles. The maximum Gasteiger partial charge on any atom is 0.261 e. The molecule has 6 heteroatoms. The highest BCUT2D eigenvalue weighted by molar-refractivity contribution is 9.13. The fraction of sp³-hybridized carbons (Fsp3) is 0.154. The fourth-order valence-electron chi connectivity index (χ4n) is 1.57. The van der Waals surface area contributed by atoms with Crippen molar-refractivity contribution in [3.8, 4) is 0 Å². The van der Waals surface area contributed by atoms with Crippen LogP contribution in [0.4, 0.5) is 0 Å². The van der Waals surface area contributed by atoms with E-state index in [1.54, 1.807) is 6.07 Å². The van der Waals surface area contributed by atoms with Gasteiger partial charge in [0.2, 0.25) is 0 Å². The highest BCUT2D eigenvalue weighted by Gasteiger charge is 2.11. The Morgan fingerprint density at radius 2 is 2.00 bits per heavy atom. The van der Waals surface area contributed by atoms with E-state index in [1.165, 1.54) is 11.3 Å². The largest absolute Gasteiger partial charge is 0.392 e. The molecule has 0 aliphatic heterocycles. The summed E-state index contributed by atoms with van der Waals surface area (Å²) in [7, 11) is 0. The second-order valence-corrected chi connectivity index (χ2v) is 7.12. The number of carbonyl (C=O) groups excluding carboxylic acids is 1. The van der Waals surface area contributed by atoms with E-state index in [0.717, 1.165) is 19.4 Å². The fourth-order valence-corrected chi connectivity index (χ4v) is 3.52. The first-order chi connectivity index (χ1) is 9.10. The molecule has 0 fully saturated rings. The number of nitrogens with one attached hydrogen (secondary N) is 1. The highest BCUT2D eigenvalue weighted by atomic mass is 79.9. The Bertz CT molecular complexity index is 579. The van der Waals surface area contributed by atoms with Crippen LogP contribution in [0.2, 0.25) is 0 Å². The molecule has 100 valence electrons. The molecule has 0 aliphatic rings. The summed E-state index contributed by atoms with van der Waals surface area (Å²) in [6.45, 7) is 0.451. The Morgan fingerprint density at radius 3 is 2.63 bits per heavy atom. The molecule has 1 amide bonds. The number of benzene rings is 1. The van der Waals surface area contributed by atoms with Crippen molar-refractivity contribution in [2.75, 3.05) is 0 Å². The van der Waals surface area contributed by atoms with Gasteiger partial charge in [0.1, 0.15) is 0 Å². The van der Waals surface area contributed by atoms with Crippen molar-refractivity contribution in [3.63, 3.8) is 0 Å². The third-order valence-electron chi connectivity index (χ3n) is 2.50. The topological polar surface area (TPSA) is 49.3 Å². The van der Waals surface area contributed by atoms with E-state index in [-0.39, 0.29) is 12.5 Å². The number of hydrogen-bond acceptors (Lipinski definition) is 3. The number of hydrogen-bond donors (Lipinski definition) is 2. The molecular formula is C13H11Br2NO2S. The first-order valence-corrected chi connectivity index (χ1v) is 7.92. The number of amides is 1. The zero-order valence-electron chi connectivity index (χ0n) is 9.82. The third kappa shape index (κ3) is 3.89. The maximum absolute atomic E-state index is 11.9. The van der Waals surface area contributed by atoms with Gasteiger partial charge in [-0.2, -0.15) is 0 Å². The van der Waals surface area contributed by atoms with Crippen molar-refractivity contribution < 1.29 is 9.90 Å². The van der Waals surface area contributed by atoms with Crippen LogP contribution >= 0.6 is 43.2 Å². The molecule has 0 atom stereocenters. The second kappa shape index (κ2) is 6.65. The Kier molecular flexibility index (Phi) is 5.15. The van der Waals surface area contributed by atoms with Crippen LogP contribution in [0.1, 0.15) is 20.8 Å². The van der Waals surface area contributed by atoms with Gasteiger partial charge in [0.25, 0.3) is 5.91 Å². The van der Waals surface area contributed by atoms with Crippen molar-refractivity contribution in [2.24, 2.45) is 0 Å². The minimum Gasteiger partial charge on any atom is -0.392 e. The van der Waals surface area contributed by atoms with Crippen molar-refractivity contribution in [3.05, 3.63) is 54.6 Å². The molecule has 1 aromatic heterocycles. The molecule has 0 aliphatic carbocycles. The van der Waals surface area contributed by atoms with Crippen LogP contribution < -0.4 is 5.32 Å². The van der Waals surface area contributed by atoms with Crippen molar-refractivity contribution in [1.29, 1.82) is 0 Å². The zero-order valence-corrected chi connectivity index (χ0v) is 13.8. The molecular weight excluding hydrogens is 394 g/mol. The van der Waals surface area contributed by atoms with Crippen LogP contribution in [0.3, 0.4) is 0 Å². The van der Waals surface area contributed by atoms with E-state index in [4.69, 9.17) is 5.11 Å². The summed E-state index contributed by atoms with van der Waals surface area (Å²) in [6, 6.07) is 9.29. The molecule has 0 saturated heterocycles. The van der Waals surface area contributed by atoms with Gasteiger partial charge in [-0.25, -0.2) is 0 Å². The first kappa shape index (κ1) is 14.7. The quantitative estimate of drug-likeness (QED) is 0.816. The average molecular weight is 405 g/mol. The van der Waals surface area contributed by atoms with E-state index in [9.17, 15) is 4.79 Å².